The Hall–Kier alpha value is -1.59. The highest BCUT2D eigenvalue weighted by Gasteiger charge is 2.40. The summed E-state index contributed by atoms with van der Waals surface area (Å²) in [5, 5.41) is 15.3. The highest BCUT2D eigenvalue weighted by Crippen LogP contribution is 2.33. The van der Waals surface area contributed by atoms with Crippen molar-refractivity contribution >= 4 is 29.2 Å². The molecular weight excluding hydrogens is 292 g/mol. The second-order valence-electron chi connectivity index (χ2n) is 5.41. The van der Waals surface area contributed by atoms with E-state index in [0.29, 0.717) is 12.2 Å². The Kier molecular flexibility index (Phi) is 4.85. The van der Waals surface area contributed by atoms with Gasteiger partial charge >= 0.3 is 5.97 Å². The number of rotatable bonds is 5. The summed E-state index contributed by atoms with van der Waals surface area (Å²) in [5.74, 6) is -1.17. The third-order valence-corrected chi connectivity index (χ3v) is 4.24. The largest absolute Gasteiger partial charge is 0.478 e. The maximum absolute atomic E-state index is 12.6. The summed E-state index contributed by atoms with van der Waals surface area (Å²) < 4.78 is 0. The molecular formula is C15H19ClN2O3. The Bertz CT molecular complexity index is 554. The molecule has 0 radical (unpaired) electrons. The number of nitrogens with one attached hydrogen (secondary N) is 2. The van der Waals surface area contributed by atoms with Gasteiger partial charge in [0.2, 0.25) is 5.91 Å². The van der Waals surface area contributed by atoms with E-state index in [4.69, 9.17) is 16.7 Å². The molecule has 0 saturated carbocycles. The van der Waals surface area contributed by atoms with Crippen molar-refractivity contribution in [2.24, 2.45) is 5.41 Å². The van der Waals surface area contributed by atoms with Crippen LogP contribution in [-0.4, -0.2) is 30.1 Å². The Labute approximate surface area is 128 Å². The standard InChI is InChI=1S/C15H19ClN2O3/c1-2-5-15(6-7-17-9-15)14(21)18-10-3-4-12(16)11(8-10)13(19)20/h3-4,8,17H,2,5-7,9H2,1H3,(H,18,21)(H,19,20). The highest BCUT2D eigenvalue weighted by atomic mass is 35.5. The van der Waals surface area contributed by atoms with E-state index in [1.807, 2.05) is 0 Å². The molecule has 5 nitrogen and oxygen atoms in total. The van der Waals surface area contributed by atoms with Crippen molar-refractivity contribution in [3.63, 3.8) is 0 Å². The summed E-state index contributed by atoms with van der Waals surface area (Å²) >= 11 is 5.83. The Balaban J connectivity index is 2.19. The van der Waals surface area contributed by atoms with Gasteiger partial charge in [-0.15, -0.1) is 0 Å². The Morgan fingerprint density at radius 2 is 2.24 bits per heavy atom. The molecule has 1 saturated heterocycles. The molecule has 2 rings (SSSR count). The van der Waals surface area contributed by atoms with Crippen molar-refractivity contribution in [3.05, 3.63) is 28.8 Å². The lowest BCUT2D eigenvalue weighted by Crippen LogP contribution is -2.38. The minimum atomic E-state index is -1.11. The molecule has 0 aliphatic carbocycles. The third kappa shape index (κ3) is 3.36. The molecule has 1 unspecified atom stereocenters. The first-order valence-electron chi connectivity index (χ1n) is 7.03. The van der Waals surface area contributed by atoms with E-state index in [-0.39, 0.29) is 16.5 Å². The first kappa shape index (κ1) is 15.8. The van der Waals surface area contributed by atoms with E-state index in [0.717, 1.165) is 25.8 Å². The van der Waals surface area contributed by atoms with Crippen LogP contribution in [0.4, 0.5) is 5.69 Å². The van der Waals surface area contributed by atoms with Gasteiger partial charge in [0.1, 0.15) is 0 Å². The van der Waals surface area contributed by atoms with Crippen LogP contribution in [0.1, 0.15) is 36.5 Å². The minimum Gasteiger partial charge on any atom is -0.478 e. The number of carbonyl (C=O) groups is 2. The SMILES string of the molecule is CCCC1(C(=O)Nc2ccc(Cl)c(C(=O)O)c2)CCNC1. The lowest BCUT2D eigenvalue weighted by molar-refractivity contribution is -0.125. The fourth-order valence-electron chi connectivity index (χ4n) is 2.77. The number of halogens is 1. The predicted molar refractivity (Wildman–Crippen MR) is 81.9 cm³/mol. The zero-order valence-electron chi connectivity index (χ0n) is 11.9. The summed E-state index contributed by atoms with van der Waals surface area (Å²) in [6, 6.07) is 4.50. The lowest BCUT2D eigenvalue weighted by Gasteiger charge is -2.26. The van der Waals surface area contributed by atoms with Gasteiger partial charge in [0.15, 0.2) is 0 Å². The molecule has 1 aliphatic heterocycles. The molecule has 1 fully saturated rings. The Morgan fingerprint density at radius 3 is 2.81 bits per heavy atom. The second-order valence-corrected chi connectivity index (χ2v) is 5.82. The van der Waals surface area contributed by atoms with Crippen LogP contribution in [0.15, 0.2) is 18.2 Å². The molecule has 1 aromatic rings. The lowest BCUT2D eigenvalue weighted by atomic mass is 9.81. The summed E-state index contributed by atoms with van der Waals surface area (Å²) in [7, 11) is 0. The molecule has 1 aromatic carbocycles. The van der Waals surface area contributed by atoms with Crippen LogP contribution in [0.3, 0.4) is 0 Å². The van der Waals surface area contributed by atoms with E-state index in [1.54, 1.807) is 6.07 Å². The van der Waals surface area contributed by atoms with Crippen molar-refractivity contribution in [1.82, 2.24) is 5.32 Å². The average molecular weight is 311 g/mol. The van der Waals surface area contributed by atoms with Crippen molar-refractivity contribution < 1.29 is 14.7 Å². The molecule has 1 amide bonds. The molecule has 1 atom stereocenters. The van der Waals surface area contributed by atoms with Crippen LogP contribution < -0.4 is 10.6 Å². The molecule has 21 heavy (non-hydrogen) atoms. The van der Waals surface area contributed by atoms with Crippen LogP contribution in [0, 0.1) is 5.41 Å². The molecule has 114 valence electrons. The number of anilines is 1. The van der Waals surface area contributed by atoms with Gasteiger partial charge in [-0.1, -0.05) is 24.9 Å². The minimum absolute atomic E-state index is 0.0106. The molecule has 0 aromatic heterocycles. The first-order chi connectivity index (χ1) is 9.98. The summed E-state index contributed by atoms with van der Waals surface area (Å²) in [6.45, 7) is 3.54. The van der Waals surface area contributed by atoms with Crippen molar-refractivity contribution in [2.75, 3.05) is 18.4 Å². The van der Waals surface area contributed by atoms with Gasteiger partial charge < -0.3 is 15.7 Å². The van der Waals surface area contributed by atoms with E-state index in [1.165, 1.54) is 12.1 Å². The van der Waals surface area contributed by atoms with E-state index in [9.17, 15) is 9.59 Å². The van der Waals surface area contributed by atoms with Crippen molar-refractivity contribution in [2.45, 2.75) is 26.2 Å². The van der Waals surface area contributed by atoms with Gasteiger partial charge in [0, 0.05) is 12.2 Å². The maximum Gasteiger partial charge on any atom is 0.337 e. The molecule has 3 N–H and O–H groups in total. The summed E-state index contributed by atoms with van der Waals surface area (Å²) in [5.41, 5.74) is 0.0466. The second kappa shape index (κ2) is 6.45. The number of carbonyl (C=O) groups excluding carboxylic acids is 1. The van der Waals surface area contributed by atoms with Crippen LogP contribution >= 0.6 is 11.6 Å². The summed E-state index contributed by atoms with van der Waals surface area (Å²) in [6.07, 6.45) is 2.54. The topological polar surface area (TPSA) is 78.4 Å². The van der Waals surface area contributed by atoms with Crippen LogP contribution in [0.5, 0.6) is 0 Å². The fourth-order valence-corrected chi connectivity index (χ4v) is 2.97. The number of hydrogen-bond acceptors (Lipinski definition) is 3. The molecule has 0 spiro atoms. The molecule has 1 heterocycles. The third-order valence-electron chi connectivity index (χ3n) is 3.91. The van der Waals surface area contributed by atoms with Crippen LogP contribution in [0.2, 0.25) is 5.02 Å². The van der Waals surface area contributed by atoms with Gasteiger partial charge in [-0.05, 0) is 37.6 Å². The van der Waals surface area contributed by atoms with Crippen molar-refractivity contribution in [1.29, 1.82) is 0 Å². The summed E-state index contributed by atoms with van der Waals surface area (Å²) in [4.78, 5) is 23.6. The zero-order valence-corrected chi connectivity index (χ0v) is 12.7. The predicted octanol–water partition coefficient (Wildman–Crippen LogP) is 2.76. The van der Waals surface area contributed by atoms with E-state index in [2.05, 4.69) is 17.6 Å². The normalized spacial score (nSPS) is 21.2. The van der Waals surface area contributed by atoms with Gasteiger partial charge in [-0.25, -0.2) is 4.79 Å². The fraction of sp³-hybridized carbons (Fsp3) is 0.467. The maximum atomic E-state index is 12.6. The Morgan fingerprint density at radius 1 is 1.48 bits per heavy atom. The molecule has 0 bridgehead atoms. The number of amides is 1. The van der Waals surface area contributed by atoms with E-state index >= 15 is 0 Å². The van der Waals surface area contributed by atoms with Gasteiger partial charge in [-0.3, -0.25) is 4.79 Å². The quantitative estimate of drug-likeness (QED) is 0.781. The number of benzene rings is 1. The van der Waals surface area contributed by atoms with Gasteiger partial charge in [0.25, 0.3) is 0 Å². The number of carboxylic acids is 1. The zero-order chi connectivity index (χ0) is 15.5. The van der Waals surface area contributed by atoms with Crippen molar-refractivity contribution in [3.8, 4) is 0 Å². The average Bonchev–Trinajstić information content (AvgIpc) is 2.91. The molecule has 1 aliphatic rings. The van der Waals surface area contributed by atoms with Gasteiger partial charge in [-0.2, -0.15) is 0 Å². The first-order valence-corrected chi connectivity index (χ1v) is 7.41. The number of aromatic carboxylic acids is 1. The molecule has 6 heteroatoms. The van der Waals surface area contributed by atoms with Crippen LogP contribution in [0.25, 0.3) is 0 Å². The highest BCUT2D eigenvalue weighted by molar-refractivity contribution is 6.33. The van der Waals surface area contributed by atoms with Crippen LogP contribution in [-0.2, 0) is 4.79 Å². The smallest absolute Gasteiger partial charge is 0.337 e. The number of carboxylic acid groups (broad SMARTS) is 1. The monoisotopic (exact) mass is 310 g/mol. The van der Waals surface area contributed by atoms with Gasteiger partial charge in [0.05, 0.1) is 16.0 Å². The van der Waals surface area contributed by atoms with E-state index < -0.39 is 11.4 Å². The number of hydrogen-bond donors (Lipinski definition) is 3.